The minimum Gasteiger partial charge on any atom is -0.481 e. The summed E-state index contributed by atoms with van der Waals surface area (Å²) >= 11 is 0. The molecule has 2 rings (SSSR count). The summed E-state index contributed by atoms with van der Waals surface area (Å²) in [7, 11) is 0. The van der Waals surface area contributed by atoms with Crippen LogP contribution >= 0.6 is 0 Å². The third kappa shape index (κ3) is 4.84. The van der Waals surface area contributed by atoms with Gasteiger partial charge in [0, 0.05) is 17.5 Å². The van der Waals surface area contributed by atoms with Gasteiger partial charge in [-0.1, -0.05) is 0 Å². The first-order valence-corrected chi connectivity index (χ1v) is 7.41. The lowest BCUT2D eigenvalue weighted by molar-refractivity contribution is -0.137. The highest BCUT2D eigenvalue weighted by molar-refractivity contribution is 5.90. The summed E-state index contributed by atoms with van der Waals surface area (Å²) in [5, 5.41) is 13.8. The molecule has 0 aliphatic carbocycles. The van der Waals surface area contributed by atoms with Gasteiger partial charge in [-0.05, 0) is 50.6 Å². The molecule has 0 saturated carbocycles. The van der Waals surface area contributed by atoms with Crippen LogP contribution in [-0.2, 0) is 4.79 Å². The molecule has 0 saturated heterocycles. The number of benzene rings is 1. The van der Waals surface area contributed by atoms with E-state index in [9.17, 15) is 14.0 Å². The van der Waals surface area contributed by atoms with Crippen molar-refractivity contribution in [2.24, 2.45) is 0 Å². The fraction of sp³-hybridized carbons (Fsp3) is 0.294. The predicted molar refractivity (Wildman–Crippen MR) is 87.2 cm³/mol. The second kappa shape index (κ2) is 7.16. The van der Waals surface area contributed by atoms with Crippen molar-refractivity contribution in [1.29, 1.82) is 0 Å². The van der Waals surface area contributed by atoms with Crippen molar-refractivity contribution in [2.75, 3.05) is 5.32 Å². The Hall–Kier alpha value is -2.83. The maximum absolute atomic E-state index is 14.1. The molecule has 0 bridgehead atoms. The summed E-state index contributed by atoms with van der Waals surface area (Å²) < 4.78 is 19.3. The van der Waals surface area contributed by atoms with Crippen molar-refractivity contribution < 1.29 is 23.5 Å². The van der Waals surface area contributed by atoms with Crippen LogP contribution in [0.5, 0.6) is 0 Å². The number of hydrogen-bond donors (Lipinski definition) is 3. The van der Waals surface area contributed by atoms with Crippen LogP contribution in [0.1, 0.15) is 26.7 Å². The second-order valence-electron chi connectivity index (χ2n) is 6.03. The third-order valence-corrected chi connectivity index (χ3v) is 3.44. The Kier molecular flexibility index (Phi) is 5.23. The van der Waals surface area contributed by atoms with E-state index in [1.54, 1.807) is 32.0 Å². The van der Waals surface area contributed by atoms with Crippen molar-refractivity contribution in [3.63, 3.8) is 0 Å². The van der Waals surface area contributed by atoms with Gasteiger partial charge in [-0.15, -0.1) is 0 Å². The average Bonchev–Trinajstić information content (AvgIpc) is 3.01. The molecule has 0 radical (unpaired) electrons. The summed E-state index contributed by atoms with van der Waals surface area (Å²) in [6.07, 6.45) is 1.68. The lowest BCUT2D eigenvalue weighted by Crippen LogP contribution is -2.45. The Morgan fingerprint density at radius 2 is 2.04 bits per heavy atom. The summed E-state index contributed by atoms with van der Waals surface area (Å²) in [6.45, 7) is 3.40. The number of halogens is 1. The van der Waals surface area contributed by atoms with Gasteiger partial charge < -0.3 is 20.2 Å². The summed E-state index contributed by atoms with van der Waals surface area (Å²) in [5.41, 5.74) is -0.144. The molecule has 0 aliphatic heterocycles. The lowest BCUT2D eigenvalue weighted by atomic mass is 9.99. The van der Waals surface area contributed by atoms with Gasteiger partial charge in [0.1, 0.15) is 11.6 Å². The molecule has 7 heteroatoms. The van der Waals surface area contributed by atoms with Crippen LogP contribution in [0.2, 0.25) is 0 Å². The second-order valence-corrected chi connectivity index (χ2v) is 6.03. The minimum atomic E-state index is -0.940. The van der Waals surface area contributed by atoms with Gasteiger partial charge in [0.05, 0.1) is 12.0 Å². The number of carbonyl (C=O) groups is 2. The predicted octanol–water partition coefficient (Wildman–Crippen LogP) is 3.85. The zero-order valence-corrected chi connectivity index (χ0v) is 13.4. The number of nitrogens with one attached hydrogen (secondary N) is 2. The summed E-state index contributed by atoms with van der Waals surface area (Å²) in [5.74, 6) is -1.01. The van der Waals surface area contributed by atoms with E-state index < -0.39 is 23.4 Å². The van der Waals surface area contributed by atoms with Crippen molar-refractivity contribution >= 4 is 17.7 Å². The molecule has 0 atom stereocenters. The molecule has 24 heavy (non-hydrogen) atoms. The molecule has 0 aliphatic rings. The van der Waals surface area contributed by atoms with E-state index in [4.69, 9.17) is 9.52 Å². The van der Waals surface area contributed by atoms with E-state index in [2.05, 4.69) is 10.6 Å². The number of hydrogen-bond acceptors (Lipinski definition) is 3. The van der Waals surface area contributed by atoms with E-state index in [1.807, 2.05) is 0 Å². The number of carboxylic acids is 1. The number of urea groups is 1. The molecule has 1 aromatic carbocycles. The highest BCUT2D eigenvalue weighted by atomic mass is 19.1. The number of carbonyl (C=O) groups excluding carboxylic acids is 1. The number of furan rings is 1. The normalized spacial score (nSPS) is 11.1. The highest BCUT2D eigenvalue weighted by Gasteiger charge is 2.22. The zero-order chi connectivity index (χ0) is 17.7. The summed E-state index contributed by atoms with van der Waals surface area (Å²) in [6, 6.07) is 7.15. The molecule has 0 fully saturated rings. The van der Waals surface area contributed by atoms with E-state index in [-0.39, 0.29) is 18.5 Å². The largest absolute Gasteiger partial charge is 0.481 e. The Labute approximate surface area is 138 Å². The smallest absolute Gasteiger partial charge is 0.319 e. The van der Waals surface area contributed by atoms with Crippen molar-refractivity contribution in [1.82, 2.24) is 5.32 Å². The molecule has 2 aromatic rings. The number of amides is 2. The SMILES string of the molecule is CC(C)(CCC(=O)O)NC(=O)Nc1ccc(-c2ccco2)cc1F. The monoisotopic (exact) mass is 334 g/mol. The first-order valence-electron chi connectivity index (χ1n) is 7.41. The number of aliphatic carboxylic acids is 1. The Bertz CT molecular complexity index is 726. The molecule has 0 unspecified atom stereocenters. The maximum atomic E-state index is 14.1. The lowest BCUT2D eigenvalue weighted by Gasteiger charge is -2.25. The van der Waals surface area contributed by atoms with Crippen molar-refractivity contribution in [2.45, 2.75) is 32.2 Å². The van der Waals surface area contributed by atoms with Gasteiger partial charge in [-0.3, -0.25) is 4.79 Å². The van der Waals surface area contributed by atoms with Gasteiger partial charge in [-0.2, -0.15) is 0 Å². The van der Waals surface area contributed by atoms with Crippen molar-refractivity contribution in [3.8, 4) is 11.3 Å². The molecule has 1 aromatic heterocycles. The van der Waals surface area contributed by atoms with Crippen LogP contribution in [0, 0.1) is 5.82 Å². The number of carboxylic acid groups (broad SMARTS) is 1. The molecule has 128 valence electrons. The fourth-order valence-electron chi connectivity index (χ4n) is 2.16. The quantitative estimate of drug-likeness (QED) is 0.748. The van der Waals surface area contributed by atoms with Crippen LogP contribution in [0.15, 0.2) is 41.0 Å². The molecule has 3 N–H and O–H groups in total. The Morgan fingerprint density at radius 3 is 2.62 bits per heavy atom. The van der Waals surface area contributed by atoms with E-state index in [0.29, 0.717) is 11.3 Å². The zero-order valence-electron chi connectivity index (χ0n) is 13.4. The molecule has 6 nitrogen and oxygen atoms in total. The maximum Gasteiger partial charge on any atom is 0.319 e. The van der Waals surface area contributed by atoms with Gasteiger partial charge in [0.2, 0.25) is 0 Å². The molecule has 0 spiro atoms. The van der Waals surface area contributed by atoms with Crippen LogP contribution in [0.25, 0.3) is 11.3 Å². The standard InChI is InChI=1S/C17H19FN2O4/c1-17(2,8-7-15(21)22)20-16(23)19-13-6-5-11(10-12(13)18)14-4-3-9-24-14/h3-6,9-10H,7-8H2,1-2H3,(H,21,22)(H2,19,20,23). The molecular formula is C17H19FN2O4. The van der Waals surface area contributed by atoms with E-state index in [0.717, 1.165) is 0 Å². The molecular weight excluding hydrogens is 315 g/mol. The van der Waals surface area contributed by atoms with Crippen LogP contribution in [0.4, 0.5) is 14.9 Å². The number of rotatable bonds is 6. The van der Waals surface area contributed by atoms with Crippen molar-refractivity contribution in [3.05, 3.63) is 42.4 Å². The highest BCUT2D eigenvalue weighted by Crippen LogP contribution is 2.24. The van der Waals surface area contributed by atoms with Gasteiger partial charge in [-0.25, -0.2) is 9.18 Å². The Balaban J connectivity index is 2.00. The third-order valence-electron chi connectivity index (χ3n) is 3.44. The van der Waals surface area contributed by atoms with E-state index in [1.165, 1.54) is 18.4 Å². The molecule has 1 heterocycles. The van der Waals surface area contributed by atoms with Gasteiger partial charge >= 0.3 is 12.0 Å². The average molecular weight is 334 g/mol. The van der Waals surface area contributed by atoms with Crippen LogP contribution in [0.3, 0.4) is 0 Å². The fourth-order valence-corrected chi connectivity index (χ4v) is 2.16. The first kappa shape index (κ1) is 17.5. The van der Waals surface area contributed by atoms with Gasteiger partial charge in [0.15, 0.2) is 0 Å². The topological polar surface area (TPSA) is 91.6 Å². The van der Waals surface area contributed by atoms with E-state index >= 15 is 0 Å². The Morgan fingerprint density at radius 1 is 1.29 bits per heavy atom. The van der Waals surface area contributed by atoms with Crippen LogP contribution in [-0.4, -0.2) is 22.6 Å². The summed E-state index contributed by atoms with van der Waals surface area (Å²) in [4.78, 5) is 22.6. The minimum absolute atomic E-state index is 0.0249. The first-order chi connectivity index (χ1) is 11.3. The van der Waals surface area contributed by atoms with Crippen LogP contribution < -0.4 is 10.6 Å². The van der Waals surface area contributed by atoms with Gasteiger partial charge in [0.25, 0.3) is 0 Å². The number of anilines is 1. The molecule has 2 amide bonds.